The van der Waals surface area contributed by atoms with Crippen LogP contribution in [-0.2, 0) is 0 Å². The third kappa shape index (κ3) is 2.48. The summed E-state index contributed by atoms with van der Waals surface area (Å²) in [6.07, 6.45) is 2.60. The Hall–Kier alpha value is -1.02. The molecule has 1 saturated heterocycles. The summed E-state index contributed by atoms with van der Waals surface area (Å²) in [4.78, 5) is 2.39. The number of anilines is 1. The van der Waals surface area contributed by atoms with Crippen LogP contribution in [0.4, 0.5) is 5.69 Å². The number of para-hydroxylation sites is 1. The minimum Gasteiger partial charge on any atom is -0.381 e. The maximum Gasteiger partial charge on any atom is 0.0388 e. The predicted molar refractivity (Wildman–Crippen MR) is 60.6 cm³/mol. The fraction of sp³-hybridized carbons (Fsp3) is 0.500. The first-order valence-electron chi connectivity index (χ1n) is 5.35. The lowest BCUT2D eigenvalue weighted by Crippen LogP contribution is -2.39. The lowest BCUT2D eigenvalue weighted by molar-refractivity contribution is 0.261. The Morgan fingerprint density at radius 3 is 2.79 bits per heavy atom. The third-order valence-corrected chi connectivity index (χ3v) is 2.77. The van der Waals surface area contributed by atoms with Crippen molar-refractivity contribution in [2.75, 3.05) is 25.5 Å². The largest absolute Gasteiger partial charge is 0.381 e. The molecular formula is C12H18N2. The Morgan fingerprint density at radius 1 is 1.29 bits per heavy atom. The first-order valence-corrected chi connectivity index (χ1v) is 5.35. The van der Waals surface area contributed by atoms with Crippen LogP contribution in [0.3, 0.4) is 0 Å². The summed E-state index contributed by atoms with van der Waals surface area (Å²) in [5.41, 5.74) is 1.24. The molecule has 1 atom stereocenters. The number of piperidine rings is 1. The molecule has 1 fully saturated rings. The van der Waals surface area contributed by atoms with Crippen molar-refractivity contribution in [1.29, 1.82) is 0 Å². The molecule has 0 amide bonds. The van der Waals surface area contributed by atoms with Crippen molar-refractivity contribution in [3.8, 4) is 0 Å². The molecule has 2 rings (SSSR count). The molecule has 1 N–H and O–H groups in total. The second kappa shape index (κ2) is 4.47. The maximum atomic E-state index is 3.57. The molecule has 1 aromatic carbocycles. The fourth-order valence-electron chi connectivity index (χ4n) is 2.05. The smallest absolute Gasteiger partial charge is 0.0388 e. The van der Waals surface area contributed by atoms with Crippen molar-refractivity contribution < 1.29 is 0 Å². The molecule has 76 valence electrons. The quantitative estimate of drug-likeness (QED) is 0.769. The van der Waals surface area contributed by atoms with Gasteiger partial charge in [-0.3, -0.25) is 0 Å². The number of rotatable bonds is 2. The van der Waals surface area contributed by atoms with Crippen molar-refractivity contribution in [2.45, 2.75) is 18.9 Å². The van der Waals surface area contributed by atoms with E-state index in [1.54, 1.807) is 0 Å². The highest BCUT2D eigenvalue weighted by Crippen LogP contribution is 2.14. The molecule has 1 aromatic rings. The number of hydrogen-bond acceptors (Lipinski definition) is 2. The van der Waals surface area contributed by atoms with E-state index in [2.05, 4.69) is 47.6 Å². The Labute approximate surface area is 85.9 Å². The number of likely N-dealkylation sites (N-methyl/N-ethyl adjacent to an activating group) is 1. The van der Waals surface area contributed by atoms with E-state index in [0.717, 1.165) is 6.54 Å². The molecule has 1 aliphatic rings. The average Bonchev–Trinajstić information content (AvgIpc) is 2.19. The van der Waals surface area contributed by atoms with Gasteiger partial charge in [-0.05, 0) is 38.6 Å². The summed E-state index contributed by atoms with van der Waals surface area (Å²) >= 11 is 0. The summed E-state index contributed by atoms with van der Waals surface area (Å²) in [5, 5.41) is 3.57. The van der Waals surface area contributed by atoms with Gasteiger partial charge in [0.15, 0.2) is 0 Å². The minimum absolute atomic E-state index is 0.621. The van der Waals surface area contributed by atoms with E-state index in [1.807, 2.05) is 0 Å². The number of nitrogens with zero attached hydrogens (tertiary/aromatic N) is 1. The van der Waals surface area contributed by atoms with Gasteiger partial charge >= 0.3 is 0 Å². The van der Waals surface area contributed by atoms with Crippen LogP contribution in [0.1, 0.15) is 12.8 Å². The van der Waals surface area contributed by atoms with E-state index < -0.39 is 0 Å². The Kier molecular flexibility index (Phi) is 3.04. The van der Waals surface area contributed by atoms with Gasteiger partial charge < -0.3 is 10.2 Å². The highest BCUT2D eigenvalue weighted by atomic mass is 15.1. The molecule has 2 nitrogen and oxygen atoms in total. The Bertz CT molecular complexity index is 271. The van der Waals surface area contributed by atoms with E-state index in [0.29, 0.717) is 6.04 Å². The number of hydrogen-bond donors (Lipinski definition) is 1. The molecule has 0 spiro atoms. The zero-order valence-corrected chi connectivity index (χ0v) is 8.74. The van der Waals surface area contributed by atoms with Crippen LogP contribution in [0.2, 0.25) is 0 Å². The van der Waals surface area contributed by atoms with Crippen LogP contribution >= 0.6 is 0 Å². The predicted octanol–water partition coefficient (Wildman–Crippen LogP) is 2.19. The molecule has 1 aliphatic heterocycles. The zero-order valence-electron chi connectivity index (χ0n) is 8.74. The van der Waals surface area contributed by atoms with Crippen LogP contribution in [0.15, 0.2) is 30.3 Å². The summed E-state index contributed by atoms with van der Waals surface area (Å²) < 4.78 is 0. The van der Waals surface area contributed by atoms with Crippen LogP contribution in [0, 0.1) is 0 Å². The second-order valence-corrected chi connectivity index (χ2v) is 4.11. The van der Waals surface area contributed by atoms with E-state index in [9.17, 15) is 0 Å². The molecule has 0 radical (unpaired) electrons. The fourth-order valence-corrected chi connectivity index (χ4v) is 2.05. The first-order chi connectivity index (χ1) is 6.84. The lowest BCUT2D eigenvalue weighted by atomic mass is 10.1. The van der Waals surface area contributed by atoms with Gasteiger partial charge in [-0.25, -0.2) is 0 Å². The molecule has 1 heterocycles. The molecule has 0 aliphatic carbocycles. The second-order valence-electron chi connectivity index (χ2n) is 4.11. The monoisotopic (exact) mass is 190 g/mol. The third-order valence-electron chi connectivity index (χ3n) is 2.77. The zero-order chi connectivity index (χ0) is 9.80. The van der Waals surface area contributed by atoms with E-state index >= 15 is 0 Å². The Morgan fingerprint density at radius 2 is 2.07 bits per heavy atom. The van der Waals surface area contributed by atoms with Gasteiger partial charge in [0.1, 0.15) is 0 Å². The van der Waals surface area contributed by atoms with Crippen molar-refractivity contribution in [2.24, 2.45) is 0 Å². The molecule has 0 saturated carbocycles. The number of likely N-dealkylation sites (tertiary alicyclic amines) is 1. The van der Waals surface area contributed by atoms with Gasteiger partial charge in [0.25, 0.3) is 0 Å². The number of nitrogens with one attached hydrogen (secondary N) is 1. The minimum atomic E-state index is 0.621. The summed E-state index contributed by atoms with van der Waals surface area (Å²) in [7, 11) is 2.19. The Balaban J connectivity index is 1.91. The lowest BCUT2D eigenvalue weighted by Gasteiger charge is -2.30. The summed E-state index contributed by atoms with van der Waals surface area (Å²) in [6, 6.07) is 11.1. The number of benzene rings is 1. The van der Waals surface area contributed by atoms with Gasteiger partial charge in [0.05, 0.1) is 0 Å². The van der Waals surface area contributed by atoms with Crippen molar-refractivity contribution in [3.63, 3.8) is 0 Å². The van der Waals surface area contributed by atoms with Crippen LogP contribution < -0.4 is 5.32 Å². The molecule has 2 heteroatoms. The summed E-state index contributed by atoms with van der Waals surface area (Å²) in [6.45, 7) is 2.40. The van der Waals surface area contributed by atoms with E-state index in [1.165, 1.54) is 25.1 Å². The van der Waals surface area contributed by atoms with Crippen LogP contribution in [0.5, 0.6) is 0 Å². The summed E-state index contributed by atoms with van der Waals surface area (Å²) in [5.74, 6) is 0. The van der Waals surface area contributed by atoms with Crippen LogP contribution in [0.25, 0.3) is 0 Å². The van der Waals surface area contributed by atoms with Gasteiger partial charge in [-0.2, -0.15) is 0 Å². The topological polar surface area (TPSA) is 15.3 Å². The van der Waals surface area contributed by atoms with Gasteiger partial charge in [-0.15, -0.1) is 0 Å². The molecule has 14 heavy (non-hydrogen) atoms. The van der Waals surface area contributed by atoms with E-state index in [4.69, 9.17) is 0 Å². The van der Waals surface area contributed by atoms with Crippen LogP contribution in [-0.4, -0.2) is 31.1 Å². The molecule has 0 aromatic heterocycles. The van der Waals surface area contributed by atoms with Crippen molar-refractivity contribution in [3.05, 3.63) is 30.3 Å². The van der Waals surface area contributed by atoms with Gasteiger partial charge in [-0.1, -0.05) is 18.2 Å². The molecule has 0 unspecified atom stereocenters. The molecular weight excluding hydrogens is 172 g/mol. The highest BCUT2D eigenvalue weighted by Gasteiger charge is 2.16. The van der Waals surface area contributed by atoms with Gasteiger partial charge in [0.2, 0.25) is 0 Å². The first kappa shape index (κ1) is 9.53. The molecule has 0 bridgehead atoms. The average molecular weight is 190 g/mol. The van der Waals surface area contributed by atoms with Crippen molar-refractivity contribution >= 4 is 5.69 Å². The SMILES string of the molecule is CN1CCC[C@H](Nc2ccccc2)C1. The maximum absolute atomic E-state index is 3.57. The highest BCUT2D eigenvalue weighted by molar-refractivity contribution is 5.43. The van der Waals surface area contributed by atoms with E-state index in [-0.39, 0.29) is 0 Å². The standard InChI is InChI=1S/C12H18N2/c1-14-9-5-8-12(10-14)13-11-6-3-2-4-7-11/h2-4,6-7,12-13H,5,8-10H2,1H3/t12-/m0/s1. The van der Waals surface area contributed by atoms with Crippen molar-refractivity contribution in [1.82, 2.24) is 4.90 Å². The van der Waals surface area contributed by atoms with Gasteiger partial charge in [0, 0.05) is 18.3 Å². The normalized spacial score (nSPS) is 23.4.